The molecule has 0 saturated carbocycles. The number of benzene rings is 2. The summed E-state index contributed by atoms with van der Waals surface area (Å²) in [6.07, 6.45) is 1.29. The summed E-state index contributed by atoms with van der Waals surface area (Å²) >= 11 is 0. The van der Waals surface area contributed by atoms with Gasteiger partial charge in [0.2, 0.25) is 0 Å². The van der Waals surface area contributed by atoms with E-state index in [-0.39, 0.29) is 68.4 Å². The van der Waals surface area contributed by atoms with E-state index in [4.69, 9.17) is 11.1 Å². The van der Waals surface area contributed by atoms with E-state index in [2.05, 4.69) is 6.07 Å². The van der Waals surface area contributed by atoms with Crippen LogP contribution in [0.1, 0.15) is 22.8 Å². The number of nitrogens with two attached hydrogens (primary N) is 1. The maximum Gasteiger partial charge on any atom is 1.00 e. The van der Waals surface area contributed by atoms with Crippen molar-refractivity contribution in [3.63, 3.8) is 0 Å². The summed E-state index contributed by atoms with van der Waals surface area (Å²) in [5.41, 5.74) is 5.65. The molecule has 0 radical (unpaired) electrons. The third-order valence-electron chi connectivity index (χ3n) is 3.55. The van der Waals surface area contributed by atoms with Gasteiger partial charge < -0.3 is 26.5 Å². The molecule has 0 bridgehead atoms. The molecule has 7 heteroatoms. The number of Topliss-reactive ketones (excluding diaryl/α,β-unsaturated/α-hetero) is 1. The zero-order valence-corrected chi connectivity index (χ0v) is 14.0. The van der Waals surface area contributed by atoms with E-state index in [0.29, 0.717) is 0 Å². The molecule has 0 amide bonds. The van der Waals surface area contributed by atoms with E-state index in [1.807, 2.05) is 0 Å². The molecule has 2 aromatic carbocycles. The number of nitrogens with one attached hydrogen (secondary N) is 1. The van der Waals surface area contributed by atoms with E-state index >= 15 is 0 Å². The van der Waals surface area contributed by atoms with Crippen LogP contribution in [0.25, 0.3) is 10.8 Å². The first-order valence-corrected chi connectivity index (χ1v) is 6.07. The number of carbonyl (C=O) groups excluding carboxylic acids is 1. The number of nitrogen functional groups attached to an aromatic ring is 1. The number of allylic oxidation sites excluding steroid dienone is 2. The Hall–Kier alpha value is -2.02. The fourth-order valence-electron chi connectivity index (χ4n) is 2.56. The van der Waals surface area contributed by atoms with E-state index in [9.17, 15) is 20.1 Å². The largest absolute Gasteiger partial charge is 1.00 e. The molecule has 0 heterocycles. The van der Waals surface area contributed by atoms with Gasteiger partial charge in [-0.05, 0) is 24.0 Å². The number of rotatable bonds is 0. The Bertz CT molecular complexity index is 887. The van der Waals surface area contributed by atoms with E-state index in [1.165, 1.54) is 19.1 Å². The van der Waals surface area contributed by atoms with Gasteiger partial charge in [0.15, 0.2) is 5.78 Å². The minimum atomic E-state index is -0.498. The summed E-state index contributed by atoms with van der Waals surface area (Å²) in [6.45, 7) is 1.51. The van der Waals surface area contributed by atoms with Crippen LogP contribution in [0.2, 0.25) is 0 Å². The molecule has 0 fully saturated rings. The standard InChI is InChI=1S/C15H11N2O4.Na/c1-5-4-7(17)10-12(13(5)19)15(21)9-6(16)2-3-8(18)11(9)14(10)20;/h2,4,17-18,20-21H,16H2,1H3;/q-1;+1. The predicted molar refractivity (Wildman–Crippen MR) is 77.1 cm³/mol. The Kier molecular flexibility index (Phi) is 3.95. The molecule has 1 aliphatic rings. The van der Waals surface area contributed by atoms with Gasteiger partial charge in [-0.2, -0.15) is 6.07 Å². The van der Waals surface area contributed by atoms with Crippen LogP contribution < -0.4 is 35.3 Å². The fraction of sp³-hybridized carbons (Fsp3) is 0.0667. The molecule has 22 heavy (non-hydrogen) atoms. The predicted octanol–water partition coefficient (Wildman–Crippen LogP) is -1.15. The van der Waals surface area contributed by atoms with Crippen molar-refractivity contribution in [3.8, 4) is 17.2 Å². The molecule has 1 aliphatic carbocycles. The van der Waals surface area contributed by atoms with Crippen LogP contribution in [0.5, 0.6) is 17.2 Å². The van der Waals surface area contributed by atoms with Gasteiger partial charge in [0, 0.05) is 11.3 Å². The smallest absolute Gasteiger partial charge is 0.533 e. The first-order chi connectivity index (χ1) is 9.84. The summed E-state index contributed by atoms with van der Waals surface area (Å²) < 4.78 is 0. The molecule has 0 atom stereocenters. The first kappa shape index (κ1) is 16.4. The maximum absolute atomic E-state index is 12.2. The van der Waals surface area contributed by atoms with Crippen molar-refractivity contribution >= 4 is 28.0 Å². The first-order valence-electron chi connectivity index (χ1n) is 6.07. The topological polar surface area (TPSA) is 128 Å². The monoisotopic (exact) mass is 306 g/mol. The second kappa shape index (κ2) is 5.31. The fourth-order valence-corrected chi connectivity index (χ4v) is 2.56. The summed E-state index contributed by atoms with van der Waals surface area (Å²) in [6, 6.07) is 3.68. The summed E-state index contributed by atoms with van der Waals surface area (Å²) in [5, 5.41) is 38.3. The molecule has 0 aliphatic heterocycles. The third-order valence-corrected chi connectivity index (χ3v) is 3.55. The SMILES string of the molecule is CC1=CC(=N)c2c(c(O)c3c(N)c[c-]c(O)c3c2O)C1=O.[Na+]. The normalized spacial score (nSPS) is 13.6. The Morgan fingerprint density at radius 3 is 2.36 bits per heavy atom. The summed E-state index contributed by atoms with van der Waals surface area (Å²) in [7, 11) is 0. The van der Waals surface area contributed by atoms with Crippen LogP contribution in [0.4, 0.5) is 5.69 Å². The number of hydrogen-bond donors (Lipinski definition) is 5. The van der Waals surface area contributed by atoms with Crippen LogP contribution >= 0.6 is 0 Å². The van der Waals surface area contributed by atoms with Crippen LogP contribution in [0.3, 0.4) is 0 Å². The Labute approximate surface area is 147 Å². The average Bonchev–Trinajstić information content (AvgIpc) is 2.42. The number of phenolic OH excluding ortho intramolecular Hbond substituents is 3. The number of anilines is 1. The molecule has 106 valence electrons. The maximum atomic E-state index is 12.2. The molecule has 0 unspecified atom stereocenters. The van der Waals surface area contributed by atoms with Crippen molar-refractivity contribution in [2.45, 2.75) is 6.92 Å². The molecule has 6 N–H and O–H groups in total. The second-order valence-corrected chi connectivity index (χ2v) is 4.86. The number of aromatic hydroxyl groups is 3. The van der Waals surface area contributed by atoms with Crippen LogP contribution in [-0.2, 0) is 0 Å². The van der Waals surface area contributed by atoms with E-state index in [0.717, 1.165) is 0 Å². The second-order valence-electron chi connectivity index (χ2n) is 4.86. The number of hydrogen-bond acceptors (Lipinski definition) is 6. The summed E-state index contributed by atoms with van der Waals surface area (Å²) in [4.78, 5) is 12.2. The molecule has 0 aromatic heterocycles. The Balaban J connectivity index is 0.00000176. The minimum Gasteiger partial charge on any atom is -0.533 e. The summed E-state index contributed by atoms with van der Waals surface area (Å²) in [5.74, 6) is -1.84. The van der Waals surface area contributed by atoms with E-state index < -0.39 is 23.0 Å². The molecule has 6 nitrogen and oxygen atoms in total. The Morgan fingerprint density at radius 1 is 1.14 bits per heavy atom. The number of carbonyl (C=O) groups is 1. The van der Waals surface area contributed by atoms with Gasteiger partial charge in [0.25, 0.3) is 0 Å². The van der Waals surface area contributed by atoms with Gasteiger partial charge in [0.1, 0.15) is 5.75 Å². The zero-order chi connectivity index (χ0) is 15.5. The van der Waals surface area contributed by atoms with Gasteiger partial charge >= 0.3 is 29.6 Å². The van der Waals surface area contributed by atoms with Crippen LogP contribution in [-0.4, -0.2) is 26.8 Å². The molecule has 0 spiro atoms. The van der Waals surface area contributed by atoms with Crippen molar-refractivity contribution in [2.24, 2.45) is 0 Å². The van der Waals surface area contributed by atoms with Crippen LogP contribution in [0.15, 0.2) is 17.7 Å². The molecule has 2 aromatic rings. The van der Waals surface area contributed by atoms with Crippen molar-refractivity contribution in [2.75, 3.05) is 5.73 Å². The van der Waals surface area contributed by atoms with Gasteiger partial charge in [-0.3, -0.25) is 4.79 Å². The third kappa shape index (κ3) is 1.99. The van der Waals surface area contributed by atoms with Gasteiger partial charge in [-0.1, -0.05) is 11.1 Å². The van der Waals surface area contributed by atoms with Gasteiger partial charge in [-0.25, -0.2) is 0 Å². The molecular formula is C15H11N2NaO4. The average molecular weight is 306 g/mol. The van der Waals surface area contributed by atoms with Gasteiger partial charge in [0.05, 0.1) is 17.0 Å². The van der Waals surface area contributed by atoms with Crippen molar-refractivity contribution in [3.05, 3.63) is 34.9 Å². The number of fused-ring (bicyclic) bond motifs is 2. The van der Waals surface area contributed by atoms with Crippen LogP contribution in [0, 0.1) is 11.5 Å². The number of phenols is 3. The zero-order valence-electron chi connectivity index (χ0n) is 12.0. The van der Waals surface area contributed by atoms with E-state index in [1.54, 1.807) is 0 Å². The van der Waals surface area contributed by atoms with Crippen molar-refractivity contribution in [1.82, 2.24) is 0 Å². The minimum absolute atomic E-state index is 0. The molecule has 3 rings (SSSR count). The quantitative estimate of drug-likeness (QED) is 0.182. The van der Waals surface area contributed by atoms with Gasteiger partial charge in [-0.15, -0.1) is 6.07 Å². The molecule has 0 saturated heterocycles. The number of ketones is 1. The van der Waals surface area contributed by atoms with Crippen molar-refractivity contribution in [1.29, 1.82) is 5.41 Å². The Morgan fingerprint density at radius 2 is 1.73 bits per heavy atom. The van der Waals surface area contributed by atoms with Crippen molar-refractivity contribution < 1.29 is 49.7 Å². The molecular weight excluding hydrogens is 295 g/mol.